The van der Waals surface area contributed by atoms with Crippen LogP contribution in [0.1, 0.15) is 55.3 Å². The lowest BCUT2D eigenvalue weighted by atomic mass is 9.72. The van der Waals surface area contributed by atoms with Gasteiger partial charge in [-0.2, -0.15) is 0 Å². The average molecular weight is 293 g/mol. The van der Waals surface area contributed by atoms with Crippen LogP contribution in [0.4, 0.5) is 4.39 Å². The van der Waals surface area contributed by atoms with Crippen LogP contribution in [0.3, 0.4) is 0 Å². The Balaban J connectivity index is 2.47. The first-order valence-electron chi connectivity index (χ1n) is 7.92. The van der Waals surface area contributed by atoms with Crippen molar-refractivity contribution in [3.63, 3.8) is 0 Å². The Morgan fingerprint density at radius 3 is 2.62 bits per heavy atom. The van der Waals surface area contributed by atoms with Crippen LogP contribution in [0, 0.1) is 25.6 Å². The van der Waals surface area contributed by atoms with E-state index in [9.17, 15) is 4.39 Å². The molecule has 0 amide bonds. The van der Waals surface area contributed by atoms with Gasteiger partial charge in [0.2, 0.25) is 0 Å². The van der Waals surface area contributed by atoms with Crippen LogP contribution in [0.15, 0.2) is 12.1 Å². The smallest absolute Gasteiger partial charge is 0.128 e. The monoisotopic (exact) mass is 293 g/mol. The molecule has 118 valence electrons. The van der Waals surface area contributed by atoms with Crippen molar-refractivity contribution in [1.29, 1.82) is 0 Å². The number of rotatable bonds is 4. The highest BCUT2D eigenvalue weighted by molar-refractivity contribution is 5.36. The van der Waals surface area contributed by atoms with Gasteiger partial charge < -0.3 is 10.1 Å². The molecule has 0 aliphatic heterocycles. The predicted octanol–water partition coefficient (Wildman–Crippen LogP) is 4.30. The molecule has 1 aromatic carbocycles. The van der Waals surface area contributed by atoms with E-state index in [2.05, 4.69) is 18.3 Å². The molecule has 2 rings (SSSR count). The summed E-state index contributed by atoms with van der Waals surface area (Å²) in [4.78, 5) is 0. The highest BCUT2D eigenvalue weighted by Crippen LogP contribution is 2.44. The van der Waals surface area contributed by atoms with Gasteiger partial charge in [0, 0.05) is 12.7 Å². The second kappa shape index (κ2) is 6.45. The SMILES string of the molecule is CNC(c1c(C)cc(C)cc1F)C1(OC)CCCC(C)C1. The van der Waals surface area contributed by atoms with E-state index in [4.69, 9.17) is 4.74 Å². The summed E-state index contributed by atoms with van der Waals surface area (Å²) in [5.74, 6) is 0.491. The fraction of sp³-hybridized carbons (Fsp3) is 0.667. The zero-order valence-electron chi connectivity index (χ0n) is 13.9. The lowest BCUT2D eigenvalue weighted by Crippen LogP contribution is -2.48. The van der Waals surface area contributed by atoms with Gasteiger partial charge in [-0.05, 0) is 56.8 Å². The number of methoxy groups -OCH3 is 1. The molecule has 1 aromatic rings. The van der Waals surface area contributed by atoms with Crippen LogP contribution in [-0.4, -0.2) is 19.8 Å². The molecule has 1 N–H and O–H groups in total. The van der Waals surface area contributed by atoms with Gasteiger partial charge in [-0.3, -0.25) is 0 Å². The van der Waals surface area contributed by atoms with E-state index < -0.39 is 0 Å². The van der Waals surface area contributed by atoms with Gasteiger partial charge in [0.15, 0.2) is 0 Å². The Morgan fingerprint density at radius 2 is 2.10 bits per heavy atom. The Morgan fingerprint density at radius 1 is 1.38 bits per heavy atom. The van der Waals surface area contributed by atoms with Crippen LogP contribution >= 0.6 is 0 Å². The quantitative estimate of drug-likeness (QED) is 0.893. The van der Waals surface area contributed by atoms with Crippen molar-refractivity contribution in [2.24, 2.45) is 5.92 Å². The molecular weight excluding hydrogens is 265 g/mol. The number of hydrogen-bond donors (Lipinski definition) is 1. The Hall–Kier alpha value is -0.930. The standard InChI is InChI=1S/C18H28FNO/c1-12-7-6-8-18(11-12,21-5)17(20-4)16-14(3)9-13(2)10-15(16)19/h9-10,12,17,20H,6-8,11H2,1-5H3. The van der Waals surface area contributed by atoms with Gasteiger partial charge >= 0.3 is 0 Å². The molecule has 0 heterocycles. The van der Waals surface area contributed by atoms with Crippen molar-refractivity contribution < 1.29 is 9.13 Å². The summed E-state index contributed by atoms with van der Waals surface area (Å²) in [5.41, 5.74) is 2.42. The highest BCUT2D eigenvalue weighted by atomic mass is 19.1. The maximum absolute atomic E-state index is 14.6. The van der Waals surface area contributed by atoms with Crippen LogP contribution in [0.25, 0.3) is 0 Å². The largest absolute Gasteiger partial charge is 0.376 e. The topological polar surface area (TPSA) is 21.3 Å². The molecule has 3 atom stereocenters. The van der Waals surface area contributed by atoms with Gasteiger partial charge in [-0.1, -0.05) is 25.8 Å². The van der Waals surface area contributed by atoms with Crippen LogP contribution in [0.2, 0.25) is 0 Å². The Kier molecular flexibility index (Phi) is 5.05. The summed E-state index contributed by atoms with van der Waals surface area (Å²) in [6.45, 7) is 6.19. The van der Waals surface area contributed by atoms with Crippen molar-refractivity contribution >= 4 is 0 Å². The minimum absolute atomic E-state index is 0.106. The minimum atomic E-state index is -0.312. The zero-order chi connectivity index (χ0) is 15.6. The third-order valence-corrected chi connectivity index (χ3v) is 4.98. The van der Waals surface area contributed by atoms with E-state index in [1.165, 1.54) is 6.42 Å². The maximum Gasteiger partial charge on any atom is 0.128 e. The fourth-order valence-corrected chi connectivity index (χ4v) is 4.07. The molecule has 0 spiro atoms. The van der Waals surface area contributed by atoms with Crippen molar-refractivity contribution in [1.82, 2.24) is 5.32 Å². The number of likely N-dealkylation sites (N-methyl/N-ethyl adjacent to an activating group) is 1. The molecule has 1 aliphatic rings. The molecule has 0 saturated heterocycles. The second-order valence-corrected chi connectivity index (χ2v) is 6.67. The van der Waals surface area contributed by atoms with Gasteiger partial charge in [-0.25, -0.2) is 4.39 Å². The predicted molar refractivity (Wildman–Crippen MR) is 85.0 cm³/mol. The molecular formula is C18H28FNO. The molecule has 3 heteroatoms. The van der Waals surface area contributed by atoms with Gasteiger partial charge in [0.1, 0.15) is 5.82 Å². The normalized spacial score (nSPS) is 27.6. The number of aryl methyl sites for hydroxylation is 2. The van der Waals surface area contributed by atoms with E-state index in [0.29, 0.717) is 5.92 Å². The van der Waals surface area contributed by atoms with E-state index >= 15 is 0 Å². The summed E-state index contributed by atoms with van der Waals surface area (Å²) in [6, 6.07) is 3.58. The first-order chi connectivity index (χ1) is 9.93. The van der Waals surface area contributed by atoms with E-state index in [1.54, 1.807) is 13.2 Å². The van der Waals surface area contributed by atoms with Crippen LogP contribution in [0.5, 0.6) is 0 Å². The van der Waals surface area contributed by atoms with E-state index in [-0.39, 0.29) is 17.5 Å². The maximum atomic E-state index is 14.6. The van der Waals surface area contributed by atoms with Crippen molar-refractivity contribution in [3.8, 4) is 0 Å². The lowest BCUT2D eigenvalue weighted by molar-refractivity contribution is -0.0798. The average Bonchev–Trinajstić information content (AvgIpc) is 2.42. The van der Waals surface area contributed by atoms with Crippen LogP contribution in [-0.2, 0) is 4.74 Å². The molecule has 0 bridgehead atoms. The van der Waals surface area contributed by atoms with E-state index in [0.717, 1.165) is 36.0 Å². The Labute approximate surface area is 128 Å². The summed E-state index contributed by atoms with van der Waals surface area (Å²) >= 11 is 0. The number of hydrogen-bond acceptors (Lipinski definition) is 2. The Bertz CT molecular complexity index is 479. The van der Waals surface area contributed by atoms with Crippen molar-refractivity contribution in [2.45, 2.75) is 58.1 Å². The second-order valence-electron chi connectivity index (χ2n) is 6.67. The molecule has 2 nitrogen and oxygen atoms in total. The molecule has 3 unspecified atom stereocenters. The summed E-state index contributed by atoms with van der Waals surface area (Å²) in [5, 5.41) is 3.34. The molecule has 1 saturated carbocycles. The minimum Gasteiger partial charge on any atom is -0.376 e. The molecule has 0 radical (unpaired) electrons. The van der Waals surface area contributed by atoms with Crippen molar-refractivity contribution in [2.75, 3.05) is 14.2 Å². The number of ether oxygens (including phenoxy) is 1. The molecule has 1 fully saturated rings. The van der Waals surface area contributed by atoms with Gasteiger partial charge in [0.05, 0.1) is 11.6 Å². The summed E-state index contributed by atoms with van der Waals surface area (Å²) < 4.78 is 20.6. The third-order valence-electron chi connectivity index (χ3n) is 4.98. The van der Waals surface area contributed by atoms with Crippen molar-refractivity contribution in [3.05, 3.63) is 34.6 Å². The number of benzene rings is 1. The first-order valence-corrected chi connectivity index (χ1v) is 7.92. The highest BCUT2D eigenvalue weighted by Gasteiger charge is 2.43. The first kappa shape index (κ1) is 16.4. The zero-order valence-corrected chi connectivity index (χ0v) is 13.9. The van der Waals surface area contributed by atoms with Gasteiger partial charge in [-0.15, -0.1) is 0 Å². The molecule has 1 aliphatic carbocycles. The number of halogens is 1. The third kappa shape index (κ3) is 3.14. The van der Waals surface area contributed by atoms with E-state index in [1.807, 2.05) is 20.9 Å². The fourth-order valence-electron chi connectivity index (χ4n) is 4.07. The van der Waals surface area contributed by atoms with Crippen LogP contribution < -0.4 is 5.32 Å². The summed E-state index contributed by atoms with van der Waals surface area (Å²) in [6.07, 6.45) is 4.32. The number of nitrogens with one attached hydrogen (secondary N) is 1. The molecule has 21 heavy (non-hydrogen) atoms. The van der Waals surface area contributed by atoms with Gasteiger partial charge in [0.25, 0.3) is 0 Å². The lowest BCUT2D eigenvalue weighted by Gasteiger charge is -2.45. The molecule has 0 aromatic heterocycles. The summed E-state index contributed by atoms with van der Waals surface area (Å²) in [7, 11) is 3.67.